The standard InChI is InChI=1S/C16H29N3/c1-13(2)14-3-5-15(6-4-14)18-16-7-10-19(11-8-16)12-9-17/h13-16,18H,3-8,10-12H2,1-2H3. The lowest BCUT2D eigenvalue weighted by Crippen LogP contribution is -2.47. The number of likely N-dealkylation sites (tertiary alicyclic amines) is 1. The highest BCUT2D eigenvalue weighted by atomic mass is 15.1. The van der Waals surface area contributed by atoms with Crippen molar-refractivity contribution >= 4 is 0 Å². The fraction of sp³-hybridized carbons (Fsp3) is 0.938. The first kappa shape index (κ1) is 14.8. The van der Waals surface area contributed by atoms with E-state index in [1.54, 1.807) is 0 Å². The van der Waals surface area contributed by atoms with E-state index in [4.69, 9.17) is 5.26 Å². The summed E-state index contributed by atoms with van der Waals surface area (Å²) in [6, 6.07) is 3.70. The summed E-state index contributed by atoms with van der Waals surface area (Å²) in [7, 11) is 0. The quantitative estimate of drug-likeness (QED) is 0.793. The highest BCUT2D eigenvalue weighted by Gasteiger charge is 2.26. The summed E-state index contributed by atoms with van der Waals surface area (Å²) in [5, 5.41) is 12.6. The SMILES string of the molecule is CC(C)C1CCC(NC2CCN(CC#N)CC2)CC1. The van der Waals surface area contributed by atoms with Crippen LogP contribution in [0, 0.1) is 23.2 Å². The number of hydrogen-bond acceptors (Lipinski definition) is 3. The molecule has 0 atom stereocenters. The number of nitrogens with one attached hydrogen (secondary N) is 1. The Bertz CT molecular complexity index is 292. The predicted molar refractivity (Wildman–Crippen MR) is 78.8 cm³/mol. The van der Waals surface area contributed by atoms with Crippen LogP contribution in [0.3, 0.4) is 0 Å². The fourth-order valence-corrected chi connectivity index (χ4v) is 3.64. The third-order valence-electron chi connectivity index (χ3n) is 5.07. The van der Waals surface area contributed by atoms with Crippen LogP contribution in [0.1, 0.15) is 52.4 Å². The summed E-state index contributed by atoms with van der Waals surface area (Å²) in [5.74, 6) is 1.81. The van der Waals surface area contributed by atoms with Crippen molar-refractivity contribution in [1.82, 2.24) is 10.2 Å². The van der Waals surface area contributed by atoms with Gasteiger partial charge in [-0.05, 0) is 50.4 Å². The molecule has 0 radical (unpaired) electrons. The third kappa shape index (κ3) is 4.47. The van der Waals surface area contributed by atoms with Crippen LogP contribution in [0.2, 0.25) is 0 Å². The molecule has 0 bridgehead atoms. The van der Waals surface area contributed by atoms with Crippen LogP contribution >= 0.6 is 0 Å². The van der Waals surface area contributed by atoms with Gasteiger partial charge in [0.05, 0.1) is 12.6 Å². The highest BCUT2D eigenvalue weighted by molar-refractivity contribution is 4.86. The molecule has 2 aliphatic rings. The molecular formula is C16H29N3. The Balaban J connectivity index is 1.66. The van der Waals surface area contributed by atoms with Gasteiger partial charge in [-0.3, -0.25) is 4.90 Å². The summed E-state index contributed by atoms with van der Waals surface area (Å²) in [4.78, 5) is 2.27. The second-order valence-electron chi connectivity index (χ2n) is 6.73. The van der Waals surface area contributed by atoms with E-state index in [2.05, 4.69) is 30.1 Å². The smallest absolute Gasteiger partial charge is 0.0866 e. The zero-order valence-electron chi connectivity index (χ0n) is 12.6. The van der Waals surface area contributed by atoms with Crippen LogP contribution in [0.4, 0.5) is 0 Å². The van der Waals surface area contributed by atoms with Crippen molar-refractivity contribution in [2.75, 3.05) is 19.6 Å². The van der Waals surface area contributed by atoms with E-state index in [0.29, 0.717) is 12.6 Å². The number of nitriles is 1. The first-order valence-electron chi connectivity index (χ1n) is 8.04. The summed E-state index contributed by atoms with van der Waals surface area (Å²) >= 11 is 0. The van der Waals surface area contributed by atoms with Gasteiger partial charge in [-0.15, -0.1) is 0 Å². The van der Waals surface area contributed by atoms with Gasteiger partial charge in [-0.1, -0.05) is 13.8 Å². The number of piperidine rings is 1. The van der Waals surface area contributed by atoms with Crippen LogP contribution in [-0.4, -0.2) is 36.6 Å². The molecule has 0 aromatic heterocycles. The molecule has 3 heteroatoms. The largest absolute Gasteiger partial charge is 0.311 e. The van der Waals surface area contributed by atoms with Crippen LogP contribution in [0.15, 0.2) is 0 Å². The number of nitrogens with zero attached hydrogens (tertiary/aromatic N) is 2. The Morgan fingerprint density at radius 2 is 1.63 bits per heavy atom. The first-order chi connectivity index (χ1) is 9.19. The molecule has 0 aromatic carbocycles. The van der Waals surface area contributed by atoms with Gasteiger partial charge in [-0.25, -0.2) is 0 Å². The highest BCUT2D eigenvalue weighted by Crippen LogP contribution is 2.30. The molecule has 2 fully saturated rings. The van der Waals surface area contributed by atoms with E-state index in [0.717, 1.165) is 31.0 Å². The average molecular weight is 263 g/mol. The molecule has 1 heterocycles. The normalized spacial score (nSPS) is 30.4. The second kappa shape index (κ2) is 7.26. The zero-order valence-corrected chi connectivity index (χ0v) is 12.6. The topological polar surface area (TPSA) is 39.1 Å². The van der Waals surface area contributed by atoms with Gasteiger partial charge >= 0.3 is 0 Å². The lowest BCUT2D eigenvalue weighted by Gasteiger charge is -2.37. The van der Waals surface area contributed by atoms with Gasteiger partial charge in [0.1, 0.15) is 0 Å². The zero-order chi connectivity index (χ0) is 13.7. The fourth-order valence-electron chi connectivity index (χ4n) is 3.64. The Labute approximate surface area is 118 Å². The lowest BCUT2D eigenvalue weighted by atomic mass is 9.79. The summed E-state index contributed by atoms with van der Waals surface area (Å²) in [6.07, 6.45) is 7.96. The van der Waals surface area contributed by atoms with Crippen molar-refractivity contribution in [3.63, 3.8) is 0 Å². The Kier molecular flexibility index (Phi) is 5.66. The van der Waals surface area contributed by atoms with Crippen molar-refractivity contribution < 1.29 is 0 Å². The molecule has 19 heavy (non-hydrogen) atoms. The van der Waals surface area contributed by atoms with Crippen molar-refractivity contribution in [3.8, 4) is 6.07 Å². The molecule has 2 rings (SSSR count). The predicted octanol–water partition coefficient (Wildman–Crippen LogP) is 2.78. The monoisotopic (exact) mass is 263 g/mol. The molecule has 0 spiro atoms. The molecule has 0 unspecified atom stereocenters. The van der Waals surface area contributed by atoms with E-state index in [-0.39, 0.29) is 0 Å². The molecule has 1 N–H and O–H groups in total. The summed E-state index contributed by atoms with van der Waals surface area (Å²) < 4.78 is 0. The van der Waals surface area contributed by atoms with Crippen molar-refractivity contribution in [2.45, 2.75) is 64.5 Å². The van der Waals surface area contributed by atoms with E-state index in [1.807, 2.05) is 0 Å². The molecule has 1 aliphatic carbocycles. The number of hydrogen-bond donors (Lipinski definition) is 1. The van der Waals surface area contributed by atoms with Gasteiger partial charge in [0.2, 0.25) is 0 Å². The van der Waals surface area contributed by atoms with Crippen LogP contribution in [-0.2, 0) is 0 Å². The van der Waals surface area contributed by atoms with Crippen molar-refractivity contribution in [2.24, 2.45) is 11.8 Å². The molecule has 1 aliphatic heterocycles. The van der Waals surface area contributed by atoms with E-state index >= 15 is 0 Å². The van der Waals surface area contributed by atoms with E-state index in [9.17, 15) is 0 Å². The summed E-state index contributed by atoms with van der Waals surface area (Å²) in [6.45, 7) is 7.51. The number of rotatable bonds is 4. The second-order valence-corrected chi connectivity index (χ2v) is 6.73. The minimum absolute atomic E-state index is 0.603. The van der Waals surface area contributed by atoms with Crippen LogP contribution < -0.4 is 5.32 Å². The van der Waals surface area contributed by atoms with E-state index in [1.165, 1.54) is 38.5 Å². The minimum atomic E-state index is 0.603. The molecular weight excluding hydrogens is 234 g/mol. The van der Waals surface area contributed by atoms with Crippen LogP contribution in [0.25, 0.3) is 0 Å². The van der Waals surface area contributed by atoms with Crippen LogP contribution in [0.5, 0.6) is 0 Å². The van der Waals surface area contributed by atoms with Gasteiger partial charge in [-0.2, -0.15) is 5.26 Å². The first-order valence-corrected chi connectivity index (χ1v) is 8.04. The molecule has 0 amide bonds. The molecule has 108 valence electrons. The maximum absolute atomic E-state index is 8.71. The maximum atomic E-state index is 8.71. The molecule has 0 aromatic rings. The van der Waals surface area contributed by atoms with Gasteiger partial charge in [0.25, 0.3) is 0 Å². The van der Waals surface area contributed by atoms with Crippen molar-refractivity contribution in [3.05, 3.63) is 0 Å². The minimum Gasteiger partial charge on any atom is -0.311 e. The van der Waals surface area contributed by atoms with Gasteiger partial charge < -0.3 is 5.32 Å². The third-order valence-corrected chi connectivity index (χ3v) is 5.07. The Morgan fingerprint density at radius 3 is 2.16 bits per heavy atom. The van der Waals surface area contributed by atoms with Gasteiger partial charge in [0, 0.05) is 25.2 Å². The Morgan fingerprint density at radius 1 is 1.05 bits per heavy atom. The molecule has 3 nitrogen and oxygen atoms in total. The van der Waals surface area contributed by atoms with Crippen molar-refractivity contribution in [1.29, 1.82) is 5.26 Å². The maximum Gasteiger partial charge on any atom is 0.0866 e. The Hall–Kier alpha value is -0.590. The molecule has 1 saturated heterocycles. The molecule has 1 saturated carbocycles. The lowest BCUT2D eigenvalue weighted by molar-refractivity contribution is 0.182. The van der Waals surface area contributed by atoms with E-state index < -0.39 is 0 Å². The summed E-state index contributed by atoms with van der Waals surface area (Å²) in [5.41, 5.74) is 0. The average Bonchev–Trinajstić information content (AvgIpc) is 2.42. The van der Waals surface area contributed by atoms with Gasteiger partial charge in [0.15, 0.2) is 0 Å².